The summed E-state index contributed by atoms with van der Waals surface area (Å²) in [6.45, 7) is -0.524. The lowest BCUT2D eigenvalue weighted by molar-refractivity contribution is -0.116. The van der Waals surface area contributed by atoms with Crippen LogP contribution in [0.4, 0.5) is 11.4 Å². The maximum atomic E-state index is 12.9. The summed E-state index contributed by atoms with van der Waals surface area (Å²) in [6.07, 6.45) is 2.21. The third kappa shape index (κ3) is 5.16. The molecule has 0 saturated heterocycles. The second-order valence-electron chi connectivity index (χ2n) is 7.60. The average Bonchev–Trinajstić information content (AvgIpc) is 3.41. The second-order valence-corrected chi connectivity index (χ2v) is 7.60. The Morgan fingerprint density at radius 3 is 2.51 bits per heavy atom. The van der Waals surface area contributed by atoms with Gasteiger partial charge < -0.3 is 29.3 Å². The predicted molar refractivity (Wildman–Crippen MR) is 124 cm³/mol. The molecule has 35 heavy (non-hydrogen) atoms. The molecule has 0 saturated carbocycles. The zero-order chi connectivity index (χ0) is 24.9. The van der Waals surface area contributed by atoms with E-state index in [0.717, 1.165) is 5.56 Å². The topological polar surface area (TPSA) is 133 Å². The number of carbonyl (C=O) groups is 4. The number of Topliss-reactive ketones (excluding diaryl/α,β-unsaturated/α-hetero) is 1. The molecule has 2 aromatic carbocycles. The van der Waals surface area contributed by atoms with Gasteiger partial charge in [0.05, 0.1) is 31.7 Å². The van der Waals surface area contributed by atoms with E-state index in [2.05, 4.69) is 10.6 Å². The number of hydrogen-bond acceptors (Lipinski definition) is 8. The Morgan fingerprint density at radius 2 is 1.80 bits per heavy atom. The summed E-state index contributed by atoms with van der Waals surface area (Å²) in [5.41, 5.74) is 1.91. The van der Waals surface area contributed by atoms with Gasteiger partial charge in [-0.15, -0.1) is 0 Å². The average molecular weight is 478 g/mol. The smallest absolute Gasteiger partial charge is 0.340 e. The first-order valence-electron chi connectivity index (χ1n) is 10.6. The molecule has 10 heteroatoms. The molecule has 2 amide bonds. The van der Waals surface area contributed by atoms with Crippen LogP contribution in [0.2, 0.25) is 0 Å². The second kappa shape index (κ2) is 10.1. The largest absolute Gasteiger partial charge is 0.493 e. The molecule has 1 aliphatic heterocycles. The lowest BCUT2D eigenvalue weighted by Crippen LogP contribution is -2.20. The summed E-state index contributed by atoms with van der Waals surface area (Å²) >= 11 is 0. The third-order valence-electron chi connectivity index (χ3n) is 5.39. The molecule has 3 aromatic rings. The molecule has 10 nitrogen and oxygen atoms in total. The number of rotatable bonds is 8. The lowest BCUT2D eigenvalue weighted by Gasteiger charge is -2.17. The van der Waals surface area contributed by atoms with E-state index < -0.39 is 24.3 Å². The maximum absolute atomic E-state index is 12.9. The molecule has 2 N–H and O–H groups in total. The van der Waals surface area contributed by atoms with Crippen LogP contribution in [-0.2, 0) is 16.0 Å². The van der Waals surface area contributed by atoms with Gasteiger partial charge in [-0.1, -0.05) is 0 Å². The molecule has 0 aliphatic carbocycles. The predicted octanol–water partition coefficient (Wildman–Crippen LogP) is 3.47. The summed E-state index contributed by atoms with van der Waals surface area (Å²) in [4.78, 5) is 49.6. The molecular formula is C25H22N2O8. The van der Waals surface area contributed by atoms with E-state index in [1.54, 1.807) is 24.3 Å². The van der Waals surface area contributed by atoms with Gasteiger partial charge in [0.15, 0.2) is 29.6 Å². The number of furan rings is 1. The monoisotopic (exact) mass is 478 g/mol. The number of methoxy groups -OCH3 is 2. The summed E-state index contributed by atoms with van der Waals surface area (Å²) in [7, 11) is 2.81. The van der Waals surface area contributed by atoms with Gasteiger partial charge in [-0.2, -0.15) is 0 Å². The van der Waals surface area contributed by atoms with Crippen LogP contribution in [0.5, 0.6) is 11.5 Å². The van der Waals surface area contributed by atoms with Crippen molar-refractivity contribution in [3.05, 3.63) is 71.2 Å². The van der Waals surface area contributed by atoms with E-state index in [1.165, 1.54) is 38.7 Å². The number of carbonyl (C=O) groups excluding carboxylic acids is 4. The van der Waals surface area contributed by atoms with Crippen LogP contribution in [0.3, 0.4) is 0 Å². The summed E-state index contributed by atoms with van der Waals surface area (Å²) in [5.74, 6) is -1.38. The first-order valence-corrected chi connectivity index (χ1v) is 10.6. The lowest BCUT2D eigenvalue weighted by atomic mass is 9.99. The summed E-state index contributed by atoms with van der Waals surface area (Å²) in [5, 5.41) is 5.34. The standard InChI is InChI=1S/C25H22N2O8/c1-32-21-11-16(18(12-22(21)33-2)27-24(30)20-4-3-9-34-20)25(31)35-13-19(28)15-5-7-17-14(10-15)6-8-23(29)26-17/h3-5,7,9-12H,6,8,13H2,1-2H3,(H,26,29)(H,27,30). The van der Waals surface area contributed by atoms with Gasteiger partial charge in [0.25, 0.3) is 5.91 Å². The quantitative estimate of drug-likeness (QED) is 0.371. The Bertz CT molecular complexity index is 1300. The number of ether oxygens (including phenoxy) is 3. The molecule has 0 spiro atoms. The van der Waals surface area contributed by atoms with Crippen LogP contribution >= 0.6 is 0 Å². The molecule has 1 aromatic heterocycles. The fraction of sp³-hybridized carbons (Fsp3) is 0.200. The first-order chi connectivity index (χ1) is 16.9. The first kappa shape index (κ1) is 23.6. The number of nitrogens with one attached hydrogen (secondary N) is 2. The van der Waals surface area contributed by atoms with Crippen molar-refractivity contribution >= 4 is 34.9 Å². The number of anilines is 2. The highest BCUT2D eigenvalue weighted by molar-refractivity contribution is 6.08. The van der Waals surface area contributed by atoms with Crippen molar-refractivity contribution in [2.24, 2.45) is 0 Å². The molecule has 1 aliphatic rings. The molecule has 0 radical (unpaired) electrons. The van der Waals surface area contributed by atoms with Crippen molar-refractivity contribution in [3.8, 4) is 11.5 Å². The summed E-state index contributed by atoms with van der Waals surface area (Å²) < 4.78 is 20.9. The van der Waals surface area contributed by atoms with Gasteiger partial charge in [-0.25, -0.2) is 4.79 Å². The van der Waals surface area contributed by atoms with Crippen molar-refractivity contribution in [3.63, 3.8) is 0 Å². The van der Waals surface area contributed by atoms with Crippen LogP contribution < -0.4 is 20.1 Å². The number of ketones is 1. The highest BCUT2D eigenvalue weighted by Gasteiger charge is 2.23. The number of aryl methyl sites for hydroxylation is 1. The van der Waals surface area contributed by atoms with Gasteiger partial charge in [0, 0.05) is 29.8 Å². The van der Waals surface area contributed by atoms with Gasteiger partial charge in [0.1, 0.15) is 0 Å². The summed E-state index contributed by atoms with van der Waals surface area (Å²) in [6, 6.07) is 10.7. The zero-order valence-corrected chi connectivity index (χ0v) is 19.0. The molecular weight excluding hydrogens is 456 g/mol. The number of esters is 1. The molecule has 0 unspecified atom stereocenters. The van der Waals surface area contributed by atoms with Crippen LogP contribution in [0.1, 0.15) is 43.3 Å². The highest BCUT2D eigenvalue weighted by Crippen LogP contribution is 2.34. The van der Waals surface area contributed by atoms with E-state index in [-0.39, 0.29) is 34.4 Å². The number of benzene rings is 2. The number of amides is 2. The van der Waals surface area contributed by atoms with Gasteiger partial charge in [-0.3, -0.25) is 14.4 Å². The van der Waals surface area contributed by atoms with Crippen LogP contribution in [-0.4, -0.2) is 44.4 Å². The Labute approximate surface area is 200 Å². The van der Waals surface area contributed by atoms with Crippen molar-refractivity contribution in [2.45, 2.75) is 12.8 Å². The molecule has 2 heterocycles. The Morgan fingerprint density at radius 1 is 1.03 bits per heavy atom. The highest BCUT2D eigenvalue weighted by atomic mass is 16.5. The minimum atomic E-state index is -0.848. The van der Waals surface area contributed by atoms with Gasteiger partial charge >= 0.3 is 5.97 Å². The Kier molecular flexibility index (Phi) is 6.81. The number of hydrogen-bond donors (Lipinski definition) is 2. The van der Waals surface area contributed by atoms with Gasteiger partial charge in [0.2, 0.25) is 5.91 Å². The van der Waals surface area contributed by atoms with E-state index in [1.807, 2.05) is 0 Å². The van der Waals surface area contributed by atoms with E-state index >= 15 is 0 Å². The SMILES string of the molecule is COc1cc(NC(=O)c2ccco2)c(C(=O)OCC(=O)c2ccc3c(c2)CCC(=O)N3)cc1OC. The van der Waals surface area contributed by atoms with Gasteiger partial charge in [-0.05, 0) is 42.3 Å². The van der Waals surface area contributed by atoms with Crippen molar-refractivity contribution in [1.29, 1.82) is 0 Å². The minimum absolute atomic E-state index is 0.0384. The number of fused-ring (bicyclic) bond motifs is 1. The minimum Gasteiger partial charge on any atom is -0.493 e. The molecule has 0 atom stereocenters. The molecule has 4 rings (SSSR count). The third-order valence-corrected chi connectivity index (χ3v) is 5.39. The fourth-order valence-electron chi connectivity index (χ4n) is 3.59. The van der Waals surface area contributed by atoms with Crippen molar-refractivity contribution in [2.75, 3.05) is 31.5 Å². The van der Waals surface area contributed by atoms with E-state index in [0.29, 0.717) is 24.1 Å². The van der Waals surface area contributed by atoms with Crippen molar-refractivity contribution in [1.82, 2.24) is 0 Å². The fourth-order valence-corrected chi connectivity index (χ4v) is 3.59. The normalized spacial score (nSPS) is 12.2. The molecule has 0 bridgehead atoms. The Hall–Kier alpha value is -4.60. The van der Waals surface area contributed by atoms with E-state index in [4.69, 9.17) is 18.6 Å². The maximum Gasteiger partial charge on any atom is 0.340 e. The van der Waals surface area contributed by atoms with Crippen LogP contribution in [0.25, 0.3) is 0 Å². The molecule has 180 valence electrons. The molecule has 0 fully saturated rings. The van der Waals surface area contributed by atoms with Crippen molar-refractivity contribution < 1.29 is 37.8 Å². The Balaban J connectivity index is 1.52. The van der Waals surface area contributed by atoms with E-state index in [9.17, 15) is 19.2 Å². The van der Waals surface area contributed by atoms with Crippen LogP contribution in [0, 0.1) is 0 Å². The zero-order valence-electron chi connectivity index (χ0n) is 19.0. The van der Waals surface area contributed by atoms with Crippen LogP contribution in [0.15, 0.2) is 53.1 Å².